The van der Waals surface area contributed by atoms with Gasteiger partial charge in [0.25, 0.3) is 5.91 Å². The van der Waals surface area contributed by atoms with Gasteiger partial charge < -0.3 is 19.3 Å². The molecule has 0 saturated heterocycles. The second kappa shape index (κ2) is 7.69. The third-order valence-electron chi connectivity index (χ3n) is 3.84. The molecular weight excluding hydrogens is 334 g/mol. The molecule has 1 aromatic heterocycles. The van der Waals surface area contributed by atoms with E-state index in [1.165, 1.54) is 7.11 Å². The molecule has 0 aliphatic carbocycles. The largest absolute Gasteiger partial charge is 0.493 e. The summed E-state index contributed by atoms with van der Waals surface area (Å²) in [4.78, 5) is 16.8. The molecule has 0 aliphatic rings. The molecule has 0 unspecified atom stereocenters. The van der Waals surface area contributed by atoms with Crippen LogP contribution in [-0.4, -0.2) is 30.3 Å². The van der Waals surface area contributed by atoms with Crippen molar-refractivity contribution in [2.75, 3.05) is 14.2 Å². The monoisotopic (exact) mass is 353 g/mol. The summed E-state index contributed by atoms with van der Waals surface area (Å²) in [6.07, 6.45) is 0. The minimum absolute atomic E-state index is 0.280. The van der Waals surface area contributed by atoms with Crippen molar-refractivity contribution in [2.24, 2.45) is 0 Å². The molecule has 0 fully saturated rings. The van der Waals surface area contributed by atoms with Crippen LogP contribution in [0.4, 0.5) is 0 Å². The van der Waals surface area contributed by atoms with Gasteiger partial charge in [0.05, 0.1) is 14.2 Å². The molecule has 0 spiro atoms. The average molecular weight is 353 g/mol. The highest BCUT2D eigenvalue weighted by molar-refractivity contribution is 5.95. The number of nitrogens with one attached hydrogen (secondary N) is 1. The molecule has 26 heavy (non-hydrogen) atoms. The first-order chi connectivity index (χ1) is 12.6. The smallest absolute Gasteiger partial charge is 0.252 e. The maximum Gasteiger partial charge on any atom is 0.252 e. The van der Waals surface area contributed by atoms with Gasteiger partial charge in [-0.2, -0.15) is 4.98 Å². The second-order valence-corrected chi connectivity index (χ2v) is 5.59. The van der Waals surface area contributed by atoms with Crippen molar-refractivity contribution in [2.45, 2.75) is 13.0 Å². The lowest BCUT2D eigenvalue weighted by molar-refractivity contribution is 0.0932. The van der Waals surface area contributed by atoms with Gasteiger partial charge in [0.2, 0.25) is 11.7 Å². The van der Waals surface area contributed by atoms with Crippen molar-refractivity contribution in [3.8, 4) is 22.9 Å². The Morgan fingerprint density at radius 1 is 1.08 bits per heavy atom. The molecule has 0 bridgehead atoms. The number of nitrogens with zero attached hydrogens (tertiary/aromatic N) is 2. The third kappa shape index (κ3) is 3.66. The predicted octanol–water partition coefficient (Wildman–Crippen LogP) is 3.24. The Bertz CT molecular complexity index is 893. The number of methoxy groups -OCH3 is 2. The van der Waals surface area contributed by atoms with E-state index in [1.807, 2.05) is 30.3 Å². The van der Waals surface area contributed by atoms with E-state index in [2.05, 4.69) is 15.5 Å². The van der Waals surface area contributed by atoms with Gasteiger partial charge in [-0.05, 0) is 25.1 Å². The lowest BCUT2D eigenvalue weighted by Gasteiger charge is -2.12. The summed E-state index contributed by atoms with van der Waals surface area (Å²) in [6, 6.07) is 14.0. The molecule has 3 aromatic rings. The lowest BCUT2D eigenvalue weighted by Crippen LogP contribution is -2.26. The lowest BCUT2D eigenvalue weighted by atomic mass is 10.1. The number of benzene rings is 2. The summed E-state index contributed by atoms with van der Waals surface area (Å²) >= 11 is 0. The van der Waals surface area contributed by atoms with E-state index in [0.717, 1.165) is 5.56 Å². The van der Waals surface area contributed by atoms with Crippen molar-refractivity contribution in [1.29, 1.82) is 0 Å². The van der Waals surface area contributed by atoms with Crippen LogP contribution in [0.5, 0.6) is 11.5 Å². The van der Waals surface area contributed by atoms with Gasteiger partial charge in [-0.15, -0.1) is 0 Å². The van der Waals surface area contributed by atoms with Gasteiger partial charge in [-0.3, -0.25) is 4.79 Å². The van der Waals surface area contributed by atoms with Crippen LogP contribution in [0, 0.1) is 0 Å². The van der Waals surface area contributed by atoms with Crippen LogP contribution in [0.1, 0.15) is 29.2 Å². The standard InChI is InChI=1S/C19H19N3O4/c1-12(19-21-17(22-26-19)13-7-5-4-6-8-13)20-18(23)14-9-10-15(24-2)16(11-14)25-3/h4-12H,1-3H3,(H,20,23)/t12-/m0/s1. The number of aromatic nitrogens is 2. The zero-order valence-corrected chi connectivity index (χ0v) is 14.7. The van der Waals surface area contributed by atoms with Crippen molar-refractivity contribution in [3.63, 3.8) is 0 Å². The van der Waals surface area contributed by atoms with Crippen molar-refractivity contribution < 1.29 is 18.8 Å². The number of hydrogen-bond donors (Lipinski definition) is 1. The van der Waals surface area contributed by atoms with Crippen molar-refractivity contribution in [1.82, 2.24) is 15.5 Å². The van der Waals surface area contributed by atoms with Gasteiger partial charge in [0.15, 0.2) is 11.5 Å². The second-order valence-electron chi connectivity index (χ2n) is 5.59. The van der Waals surface area contributed by atoms with Gasteiger partial charge in [0, 0.05) is 11.1 Å². The maximum absolute atomic E-state index is 12.5. The summed E-state index contributed by atoms with van der Waals surface area (Å²) in [6.45, 7) is 1.78. The predicted molar refractivity (Wildman–Crippen MR) is 95.2 cm³/mol. The number of carbonyl (C=O) groups excluding carboxylic acids is 1. The van der Waals surface area contributed by atoms with Crippen LogP contribution in [0.2, 0.25) is 0 Å². The van der Waals surface area contributed by atoms with E-state index in [-0.39, 0.29) is 5.91 Å². The number of amides is 1. The molecular formula is C19H19N3O4. The molecule has 1 atom stereocenters. The van der Waals surface area contributed by atoms with Crippen LogP contribution < -0.4 is 14.8 Å². The molecule has 0 aliphatic heterocycles. The molecule has 0 radical (unpaired) electrons. The highest BCUT2D eigenvalue weighted by Gasteiger charge is 2.19. The fraction of sp³-hybridized carbons (Fsp3) is 0.211. The Hall–Kier alpha value is -3.35. The fourth-order valence-corrected chi connectivity index (χ4v) is 2.43. The van der Waals surface area contributed by atoms with E-state index in [9.17, 15) is 4.79 Å². The van der Waals surface area contributed by atoms with Crippen LogP contribution in [-0.2, 0) is 0 Å². The fourth-order valence-electron chi connectivity index (χ4n) is 2.43. The summed E-state index contributed by atoms with van der Waals surface area (Å²) in [7, 11) is 3.06. The van der Waals surface area contributed by atoms with Gasteiger partial charge in [-0.1, -0.05) is 35.5 Å². The Balaban J connectivity index is 1.73. The molecule has 7 nitrogen and oxygen atoms in total. The summed E-state index contributed by atoms with van der Waals surface area (Å²) in [5, 5.41) is 6.80. The first-order valence-electron chi connectivity index (χ1n) is 8.04. The number of carbonyl (C=O) groups is 1. The van der Waals surface area contributed by atoms with E-state index in [4.69, 9.17) is 14.0 Å². The number of rotatable bonds is 6. The van der Waals surface area contributed by atoms with Crippen molar-refractivity contribution >= 4 is 5.91 Å². The van der Waals surface area contributed by atoms with Gasteiger partial charge in [-0.25, -0.2) is 0 Å². The molecule has 1 N–H and O–H groups in total. The van der Waals surface area contributed by atoms with E-state index in [1.54, 1.807) is 32.2 Å². The molecule has 1 amide bonds. The molecule has 2 aromatic carbocycles. The minimum atomic E-state index is -0.444. The van der Waals surface area contributed by atoms with Crippen LogP contribution in [0.15, 0.2) is 53.1 Å². The van der Waals surface area contributed by atoms with E-state index < -0.39 is 6.04 Å². The third-order valence-corrected chi connectivity index (χ3v) is 3.84. The van der Waals surface area contributed by atoms with Crippen LogP contribution >= 0.6 is 0 Å². The van der Waals surface area contributed by atoms with Crippen molar-refractivity contribution in [3.05, 3.63) is 60.0 Å². The number of ether oxygens (including phenoxy) is 2. The molecule has 3 rings (SSSR count). The average Bonchev–Trinajstić information content (AvgIpc) is 3.18. The maximum atomic E-state index is 12.5. The van der Waals surface area contributed by atoms with E-state index in [0.29, 0.717) is 28.8 Å². The highest BCUT2D eigenvalue weighted by Crippen LogP contribution is 2.27. The Kier molecular flexibility index (Phi) is 5.17. The minimum Gasteiger partial charge on any atom is -0.493 e. The topological polar surface area (TPSA) is 86.5 Å². The zero-order chi connectivity index (χ0) is 18.5. The molecule has 134 valence electrons. The van der Waals surface area contributed by atoms with Crippen LogP contribution in [0.25, 0.3) is 11.4 Å². The zero-order valence-electron chi connectivity index (χ0n) is 14.7. The van der Waals surface area contributed by atoms with Crippen LogP contribution in [0.3, 0.4) is 0 Å². The van der Waals surface area contributed by atoms with Gasteiger partial charge in [0.1, 0.15) is 6.04 Å². The molecule has 1 heterocycles. The SMILES string of the molecule is COc1ccc(C(=O)N[C@@H](C)c2nc(-c3ccccc3)no2)cc1OC. The Morgan fingerprint density at radius 2 is 1.81 bits per heavy atom. The molecule has 0 saturated carbocycles. The summed E-state index contributed by atoms with van der Waals surface area (Å²) < 4.78 is 15.7. The van der Waals surface area contributed by atoms with Gasteiger partial charge >= 0.3 is 0 Å². The summed E-state index contributed by atoms with van der Waals surface area (Å²) in [5.41, 5.74) is 1.29. The normalized spacial score (nSPS) is 11.7. The molecule has 7 heteroatoms. The van der Waals surface area contributed by atoms with E-state index >= 15 is 0 Å². The summed E-state index contributed by atoms with van der Waals surface area (Å²) in [5.74, 6) is 1.57. The quantitative estimate of drug-likeness (QED) is 0.732. The first-order valence-corrected chi connectivity index (χ1v) is 8.04. The first kappa shape index (κ1) is 17.5. The Labute approximate surface area is 150 Å². The Morgan fingerprint density at radius 3 is 2.50 bits per heavy atom. The highest BCUT2D eigenvalue weighted by atomic mass is 16.5. The number of hydrogen-bond acceptors (Lipinski definition) is 6.